The molecule has 0 bridgehead atoms. The van der Waals surface area contributed by atoms with Crippen LogP contribution in [-0.2, 0) is 11.2 Å². The molecule has 19 heavy (non-hydrogen) atoms. The summed E-state index contributed by atoms with van der Waals surface area (Å²) >= 11 is 0. The van der Waals surface area contributed by atoms with Crippen LogP contribution in [0.25, 0.3) is 11.1 Å². The van der Waals surface area contributed by atoms with Crippen molar-refractivity contribution in [3.05, 3.63) is 59.2 Å². The lowest BCUT2D eigenvalue weighted by molar-refractivity contribution is 0.0145. The minimum absolute atomic E-state index is 0.318. The van der Waals surface area contributed by atoms with Crippen molar-refractivity contribution in [1.29, 1.82) is 0 Å². The van der Waals surface area contributed by atoms with Crippen molar-refractivity contribution in [3.8, 4) is 11.1 Å². The fourth-order valence-electron chi connectivity index (χ4n) is 3.47. The van der Waals surface area contributed by atoms with Gasteiger partial charge >= 0.3 is 0 Å². The van der Waals surface area contributed by atoms with E-state index < -0.39 is 0 Å². The lowest BCUT2D eigenvalue weighted by Gasteiger charge is -2.25. The molecule has 0 spiro atoms. The molecule has 1 unspecified atom stereocenters. The summed E-state index contributed by atoms with van der Waals surface area (Å²) in [4.78, 5) is 0. The van der Waals surface area contributed by atoms with Gasteiger partial charge in [-0.3, -0.25) is 0 Å². The van der Waals surface area contributed by atoms with E-state index in [1.165, 1.54) is 47.1 Å². The molecular weight excluding hydrogens is 232 g/mol. The zero-order valence-electron chi connectivity index (χ0n) is 11.1. The molecule has 1 aliphatic carbocycles. The molecule has 1 fully saturated rings. The number of hydrogen-bond donors (Lipinski definition) is 0. The summed E-state index contributed by atoms with van der Waals surface area (Å²) in [6, 6.07) is 15.5. The summed E-state index contributed by atoms with van der Waals surface area (Å²) < 4.78 is 5.99. The lowest BCUT2D eigenvalue weighted by Crippen LogP contribution is -2.13. The van der Waals surface area contributed by atoms with Gasteiger partial charge in [0.1, 0.15) is 0 Å². The predicted molar refractivity (Wildman–Crippen MR) is 77.2 cm³/mol. The van der Waals surface area contributed by atoms with E-state index in [0.717, 1.165) is 13.0 Å². The third kappa shape index (κ3) is 1.81. The van der Waals surface area contributed by atoms with Crippen molar-refractivity contribution in [2.45, 2.75) is 31.8 Å². The maximum Gasteiger partial charge on any atom is 0.0827 e. The highest BCUT2D eigenvalue weighted by Crippen LogP contribution is 2.41. The molecule has 1 aliphatic heterocycles. The first-order chi connectivity index (χ1) is 9.43. The van der Waals surface area contributed by atoms with E-state index in [0.29, 0.717) is 6.10 Å². The van der Waals surface area contributed by atoms with E-state index in [1.54, 1.807) is 0 Å². The van der Waals surface area contributed by atoms with Gasteiger partial charge in [0.15, 0.2) is 0 Å². The van der Waals surface area contributed by atoms with Gasteiger partial charge in [-0.1, -0.05) is 42.5 Å². The second-order valence-corrected chi connectivity index (χ2v) is 5.56. The molecule has 0 saturated carbocycles. The summed E-state index contributed by atoms with van der Waals surface area (Å²) in [6.07, 6.45) is 5.07. The molecule has 0 N–H and O–H groups in total. The third-order valence-electron chi connectivity index (χ3n) is 4.41. The molecular formula is C18H18O. The van der Waals surface area contributed by atoms with Crippen LogP contribution in [0.15, 0.2) is 42.5 Å². The van der Waals surface area contributed by atoms with E-state index in [4.69, 9.17) is 4.74 Å². The van der Waals surface area contributed by atoms with Crippen molar-refractivity contribution in [3.63, 3.8) is 0 Å². The zero-order chi connectivity index (χ0) is 12.7. The van der Waals surface area contributed by atoms with Crippen molar-refractivity contribution in [1.82, 2.24) is 0 Å². The van der Waals surface area contributed by atoms with Crippen LogP contribution >= 0.6 is 0 Å². The van der Waals surface area contributed by atoms with Gasteiger partial charge in [-0.2, -0.15) is 0 Å². The lowest BCUT2D eigenvalue weighted by atomic mass is 9.94. The molecule has 0 radical (unpaired) electrons. The molecule has 2 aromatic rings. The maximum absolute atomic E-state index is 5.99. The first-order valence-electron chi connectivity index (χ1n) is 7.25. The monoisotopic (exact) mass is 250 g/mol. The van der Waals surface area contributed by atoms with Crippen LogP contribution in [0.2, 0.25) is 0 Å². The standard InChI is InChI=1S/C18H18O/c1-2-7-14-13(6-1)12-17-15(14)8-5-9-16(17)18-10-3-4-11-19-18/h1-2,5-9,18H,3-4,10-12H2. The largest absolute Gasteiger partial charge is 0.374 e. The topological polar surface area (TPSA) is 9.23 Å². The van der Waals surface area contributed by atoms with Crippen LogP contribution in [0.5, 0.6) is 0 Å². The van der Waals surface area contributed by atoms with Gasteiger partial charge in [0.25, 0.3) is 0 Å². The summed E-state index contributed by atoms with van der Waals surface area (Å²) in [5.41, 5.74) is 7.21. The van der Waals surface area contributed by atoms with Crippen molar-refractivity contribution in [2.24, 2.45) is 0 Å². The van der Waals surface area contributed by atoms with Crippen LogP contribution in [0.4, 0.5) is 0 Å². The fraction of sp³-hybridized carbons (Fsp3) is 0.333. The summed E-state index contributed by atoms with van der Waals surface area (Å²) in [5, 5.41) is 0. The van der Waals surface area contributed by atoms with Crippen molar-refractivity contribution < 1.29 is 4.74 Å². The Morgan fingerprint density at radius 3 is 2.68 bits per heavy atom. The fourth-order valence-corrected chi connectivity index (χ4v) is 3.47. The number of rotatable bonds is 1. The minimum atomic E-state index is 0.318. The second-order valence-electron chi connectivity index (χ2n) is 5.56. The van der Waals surface area contributed by atoms with Crippen LogP contribution < -0.4 is 0 Å². The molecule has 1 atom stereocenters. The van der Waals surface area contributed by atoms with Crippen molar-refractivity contribution in [2.75, 3.05) is 6.61 Å². The van der Waals surface area contributed by atoms with E-state index in [9.17, 15) is 0 Å². The number of fused-ring (bicyclic) bond motifs is 3. The van der Waals surface area contributed by atoms with Crippen molar-refractivity contribution >= 4 is 0 Å². The van der Waals surface area contributed by atoms with Gasteiger partial charge in [0.05, 0.1) is 6.10 Å². The summed E-state index contributed by atoms with van der Waals surface area (Å²) in [6.45, 7) is 0.918. The molecule has 4 rings (SSSR count). The maximum atomic E-state index is 5.99. The van der Waals surface area contributed by atoms with Crippen LogP contribution in [0.3, 0.4) is 0 Å². The molecule has 1 heterocycles. The highest BCUT2D eigenvalue weighted by Gasteiger charge is 2.25. The van der Waals surface area contributed by atoms with Crippen LogP contribution in [0.1, 0.15) is 42.1 Å². The van der Waals surface area contributed by atoms with Gasteiger partial charge < -0.3 is 4.74 Å². The SMILES string of the molecule is c1ccc2c(c1)Cc1c-2cccc1C1CCCCO1. The smallest absolute Gasteiger partial charge is 0.0827 e. The van der Waals surface area contributed by atoms with Gasteiger partial charge in [-0.25, -0.2) is 0 Å². The van der Waals surface area contributed by atoms with Gasteiger partial charge in [0.2, 0.25) is 0 Å². The average molecular weight is 250 g/mol. The Labute approximate surface area is 114 Å². The van der Waals surface area contributed by atoms with E-state index >= 15 is 0 Å². The van der Waals surface area contributed by atoms with Gasteiger partial charge in [-0.15, -0.1) is 0 Å². The number of benzene rings is 2. The van der Waals surface area contributed by atoms with Crippen LogP contribution in [-0.4, -0.2) is 6.61 Å². The number of hydrogen-bond acceptors (Lipinski definition) is 1. The minimum Gasteiger partial charge on any atom is -0.374 e. The summed E-state index contributed by atoms with van der Waals surface area (Å²) in [7, 11) is 0. The summed E-state index contributed by atoms with van der Waals surface area (Å²) in [5.74, 6) is 0. The number of ether oxygens (including phenoxy) is 1. The van der Waals surface area contributed by atoms with E-state index in [1.807, 2.05) is 0 Å². The zero-order valence-corrected chi connectivity index (χ0v) is 11.1. The van der Waals surface area contributed by atoms with E-state index in [2.05, 4.69) is 42.5 Å². The molecule has 2 aromatic carbocycles. The second kappa shape index (κ2) is 4.50. The third-order valence-corrected chi connectivity index (χ3v) is 4.41. The molecule has 96 valence electrons. The molecule has 0 amide bonds. The van der Waals surface area contributed by atoms with Crippen LogP contribution in [0, 0.1) is 0 Å². The highest BCUT2D eigenvalue weighted by molar-refractivity contribution is 5.78. The normalized spacial score (nSPS) is 20.9. The van der Waals surface area contributed by atoms with E-state index in [-0.39, 0.29) is 0 Å². The Morgan fingerprint density at radius 1 is 0.895 bits per heavy atom. The Balaban J connectivity index is 1.80. The molecule has 2 aliphatic rings. The molecule has 0 aromatic heterocycles. The Morgan fingerprint density at radius 2 is 1.79 bits per heavy atom. The molecule has 1 saturated heterocycles. The molecule has 1 nitrogen and oxygen atoms in total. The Bertz CT molecular complexity index is 609. The van der Waals surface area contributed by atoms with Gasteiger partial charge in [-0.05, 0) is 53.5 Å². The predicted octanol–water partition coefficient (Wildman–Crippen LogP) is 4.50. The first-order valence-corrected chi connectivity index (χ1v) is 7.25. The first kappa shape index (κ1) is 11.2. The average Bonchev–Trinajstić information content (AvgIpc) is 2.87. The Hall–Kier alpha value is -1.60. The Kier molecular flexibility index (Phi) is 2.66. The molecule has 1 heteroatoms. The highest BCUT2D eigenvalue weighted by atomic mass is 16.5. The van der Waals surface area contributed by atoms with Gasteiger partial charge in [0, 0.05) is 6.61 Å². The quantitative estimate of drug-likeness (QED) is 0.618.